The van der Waals surface area contributed by atoms with Crippen molar-refractivity contribution >= 4 is 11.6 Å². The fourth-order valence-electron chi connectivity index (χ4n) is 4.31. The first-order chi connectivity index (χ1) is 17.9. The summed E-state index contributed by atoms with van der Waals surface area (Å²) >= 11 is 0. The topological polar surface area (TPSA) is 152 Å². The van der Waals surface area contributed by atoms with Gasteiger partial charge in [-0.2, -0.15) is 23.5 Å². The van der Waals surface area contributed by atoms with E-state index in [1.165, 1.54) is 45.5 Å². The molecule has 38 heavy (non-hydrogen) atoms. The van der Waals surface area contributed by atoms with Gasteiger partial charge in [-0.3, -0.25) is 18.8 Å². The van der Waals surface area contributed by atoms with Gasteiger partial charge in [-0.1, -0.05) is 30.3 Å². The molecule has 4 rings (SSSR count). The molecule has 0 bridgehead atoms. The smallest absolute Gasteiger partial charge is 0.435 e. The van der Waals surface area contributed by atoms with Gasteiger partial charge in [0.25, 0.3) is 11.5 Å². The molecule has 1 amide bonds. The largest absolute Gasteiger partial charge is 0.501 e. The number of benzene rings is 1. The van der Waals surface area contributed by atoms with E-state index >= 15 is 0 Å². The van der Waals surface area contributed by atoms with Crippen LogP contribution in [-0.2, 0) is 20.3 Å². The number of hydrogen-bond donors (Lipinski definition) is 2. The van der Waals surface area contributed by atoms with E-state index < -0.39 is 46.6 Å². The van der Waals surface area contributed by atoms with Crippen LogP contribution in [0.15, 0.2) is 52.2 Å². The van der Waals surface area contributed by atoms with E-state index in [1.807, 2.05) is 6.07 Å². The van der Waals surface area contributed by atoms with Gasteiger partial charge in [0, 0.05) is 37.7 Å². The van der Waals surface area contributed by atoms with Gasteiger partial charge in [0.1, 0.15) is 17.8 Å². The monoisotopic (exact) mass is 527 g/mol. The molecule has 0 spiro atoms. The normalized spacial score (nSPS) is 13.1. The highest BCUT2D eigenvalue weighted by Crippen LogP contribution is 2.44. The number of aromatic nitrogens is 5. The maximum atomic E-state index is 14.0. The lowest BCUT2D eigenvalue weighted by atomic mass is 9.79. The van der Waals surface area contributed by atoms with Gasteiger partial charge in [-0.15, -0.1) is 0 Å². The number of halogens is 3. The maximum absolute atomic E-state index is 14.0. The Morgan fingerprint density at radius 2 is 1.95 bits per heavy atom. The number of carbonyl (C=O) groups is 1. The number of nitrogens with zero attached hydrogens (tertiary/aromatic N) is 6. The zero-order valence-corrected chi connectivity index (χ0v) is 20.2. The lowest BCUT2D eigenvalue weighted by Gasteiger charge is -2.27. The number of alkyl halides is 3. The molecular weight excluding hydrogens is 507 g/mol. The average Bonchev–Trinajstić information content (AvgIpc) is 3.52. The lowest BCUT2D eigenvalue weighted by molar-refractivity contribution is -0.142. The Morgan fingerprint density at radius 3 is 2.58 bits per heavy atom. The highest BCUT2D eigenvalue weighted by atomic mass is 19.4. The van der Waals surface area contributed by atoms with E-state index in [9.17, 15) is 33.1 Å². The highest BCUT2D eigenvalue weighted by molar-refractivity contribution is 6.04. The van der Waals surface area contributed by atoms with Crippen molar-refractivity contribution in [3.05, 3.63) is 87.2 Å². The number of hydrogen-bond acceptors (Lipinski definition) is 8. The first kappa shape index (κ1) is 26.1. The summed E-state index contributed by atoms with van der Waals surface area (Å²) in [4.78, 5) is 29.9. The minimum Gasteiger partial charge on any atom is -0.501 e. The Hall–Kier alpha value is -4.93. The lowest BCUT2D eigenvalue weighted by Crippen LogP contribution is -2.30. The van der Waals surface area contributed by atoms with Crippen molar-refractivity contribution in [2.24, 2.45) is 14.1 Å². The predicted octanol–water partition coefficient (Wildman–Crippen LogP) is 3.29. The molecule has 14 heteroatoms. The summed E-state index contributed by atoms with van der Waals surface area (Å²) in [6.07, 6.45) is -1.35. The minimum atomic E-state index is -4.83. The first-order valence-corrected chi connectivity index (χ1v) is 11.0. The third-order valence-electron chi connectivity index (χ3n) is 5.99. The molecule has 196 valence electrons. The Bertz CT molecular complexity index is 1600. The van der Waals surface area contributed by atoms with Crippen LogP contribution >= 0.6 is 0 Å². The van der Waals surface area contributed by atoms with Crippen LogP contribution < -0.4 is 10.9 Å². The van der Waals surface area contributed by atoms with Crippen LogP contribution in [0.4, 0.5) is 18.9 Å². The van der Waals surface area contributed by atoms with Crippen LogP contribution in [0.2, 0.25) is 0 Å². The standard InChI is InChI=1S/C24H20F3N7O4/c1-12(21-31-18(19(35)23(37)34(21)3)22(36)30-14-9-29-38-11-14)17(15-7-5-4-6-13(15)8-28)16-10-33(2)32-20(16)24(25,26)27/h4-7,9-12,17,35H,1-3H3,(H,30,36)/t12-,17+/m0/s1. The quantitative estimate of drug-likeness (QED) is 0.388. The summed E-state index contributed by atoms with van der Waals surface area (Å²) in [6, 6.07) is 8.09. The molecule has 1 aromatic carbocycles. The van der Waals surface area contributed by atoms with Crippen LogP contribution in [0.25, 0.3) is 0 Å². The zero-order chi connectivity index (χ0) is 27.8. The summed E-state index contributed by atoms with van der Waals surface area (Å²) in [6.45, 7) is 1.51. The van der Waals surface area contributed by atoms with Crippen molar-refractivity contribution in [2.75, 3.05) is 5.32 Å². The first-order valence-electron chi connectivity index (χ1n) is 11.0. The SMILES string of the molecule is C[C@H](c1nc(C(=O)Nc2cnoc2)c(O)c(=O)n1C)[C@H](c1ccccc1C#N)c1cn(C)nc1C(F)(F)F. The van der Waals surface area contributed by atoms with E-state index in [-0.39, 0.29) is 28.2 Å². The summed E-state index contributed by atoms with van der Waals surface area (Å²) in [5.74, 6) is -4.23. The zero-order valence-electron chi connectivity index (χ0n) is 20.2. The third-order valence-corrected chi connectivity index (χ3v) is 5.99. The van der Waals surface area contributed by atoms with E-state index in [0.29, 0.717) is 0 Å². The van der Waals surface area contributed by atoms with Gasteiger partial charge in [0.15, 0.2) is 11.4 Å². The molecular formula is C24H20F3N7O4. The van der Waals surface area contributed by atoms with Crippen molar-refractivity contribution in [1.82, 2.24) is 24.5 Å². The molecule has 0 unspecified atom stereocenters. The number of nitriles is 1. The van der Waals surface area contributed by atoms with Gasteiger partial charge in [-0.05, 0) is 11.6 Å². The Kier molecular flexibility index (Phi) is 6.77. The van der Waals surface area contributed by atoms with Crippen LogP contribution in [-0.4, -0.2) is 35.5 Å². The number of anilines is 1. The molecule has 0 fully saturated rings. The molecule has 0 saturated heterocycles. The molecule has 4 aromatic rings. The van der Waals surface area contributed by atoms with Crippen LogP contribution in [0.5, 0.6) is 5.75 Å². The molecule has 0 radical (unpaired) electrons. The summed E-state index contributed by atoms with van der Waals surface area (Å²) < 4.78 is 48.7. The minimum absolute atomic E-state index is 0.107. The van der Waals surface area contributed by atoms with E-state index in [1.54, 1.807) is 12.1 Å². The van der Waals surface area contributed by atoms with Crippen LogP contribution in [0.1, 0.15) is 57.5 Å². The molecule has 11 nitrogen and oxygen atoms in total. The van der Waals surface area contributed by atoms with E-state index in [2.05, 4.69) is 25.1 Å². The molecule has 2 atom stereocenters. The molecule has 0 aliphatic carbocycles. The third kappa shape index (κ3) is 4.73. The Balaban J connectivity index is 1.94. The molecule has 2 N–H and O–H groups in total. The highest BCUT2D eigenvalue weighted by Gasteiger charge is 2.42. The van der Waals surface area contributed by atoms with Gasteiger partial charge in [-0.25, -0.2) is 4.98 Å². The van der Waals surface area contributed by atoms with Crippen molar-refractivity contribution in [1.29, 1.82) is 5.26 Å². The fraction of sp³-hybridized carbons (Fsp3) is 0.250. The molecule has 3 heterocycles. The number of nitrogens with one attached hydrogen (secondary N) is 1. The maximum Gasteiger partial charge on any atom is 0.435 e. The number of aromatic hydroxyl groups is 1. The van der Waals surface area contributed by atoms with Crippen molar-refractivity contribution in [3.8, 4) is 11.8 Å². The fourth-order valence-corrected chi connectivity index (χ4v) is 4.31. The summed E-state index contributed by atoms with van der Waals surface area (Å²) in [5, 5.41) is 29.5. The number of rotatable bonds is 6. The van der Waals surface area contributed by atoms with Crippen molar-refractivity contribution in [3.63, 3.8) is 0 Å². The van der Waals surface area contributed by atoms with Gasteiger partial charge < -0.3 is 14.9 Å². The Morgan fingerprint density at radius 1 is 1.24 bits per heavy atom. The second-order valence-corrected chi connectivity index (χ2v) is 8.47. The average molecular weight is 527 g/mol. The molecule has 0 saturated carbocycles. The molecule has 0 aliphatic heterocycles. The van der Waals surface area contributed by atoms with Crippen LogP contribution in [0, 0.1) is 11.3 Å². The number of amides is 1. The predicted molar refractivity (Wildman–Crippen MR) is 125 cm³/mol. The van der Waals surface area contributed by atoms with Crippen LogP contribution in [0.3, 0.4) is 0 Å². The second-order valence-electron chi connectivity index (χ2n) is 8.47. The number of aryl methyl sites for hydroxylation is 1. The van der Waals surface area contributed by atoms with Gasteiger partial charge in [0.2, 0.25) is 5.75 Å². The Labute approximate surface area is 212 Å². The summed E-state index contributed by atoms with van der Waals surface area (Å²) in [5.41, 5.74) is -2.60. The van der Waals surface area contributed by atoms with E-state index in [4.69, 9.17) is 0 Å². The van der Waals surface area contributed by atoms with E-state index in [0.717, 1.165) is 15.5 Å². The van der Waals surface area contributed by atoms with Crippen molar-refractivity contribution in [2.45, 2.75) is 24.9 Å². The van der Waals surface area contributed by atoms with Gasteiger partial charge >= 0.3 is 6.18 Å². The second kappa shape index (κ2) is 9.85. The molecule has 3 aromatic heterocycles. The summed E-state index contributed by atoms with van der Waals surface area (Å²) in [7, 11) is 2.60. The van der Waals surface area contributed by atoms with Crippen molar-refractivity contribution < 1.29 is 27.6 Å². The van der Waals surface area contributed by atoms with Gasteiger partial charge in [0.05, 0.1) is 17.8 Å². The number of carbonyl (C=O) groups excluding carboxylic acids is 1. The molecule has 0 aliphatic rings.